The molecule has 0 aliphatic heterocycles. The number of ether oxygens (including phenoxy) is 1. The van der Waals surface area contributed by atoms with Gasteiger partial charge in [-0.25, -0.2) is 0 Å². The summed E-state index contributed by atoms with van der Waals surface area (Å²) in [6, 6.07) is 13.1. The number of benzene rings is 2. The Hall–Kier alpha value is -2.86. The first-order valence-corrected chi connectivity index (χ1v) is 13.7. The average Bonchev–Trinajstić information content (AvgIpc) is 3.23. The van der Waals surface area contributed by atoms with Crippen molar-refractivity contribution in [3.63, 3.8) is 0 Å². The van der Waals surface area contributed by atoms with Gasteiger partial charge in [0.2, 0.25) is 0 Å². The molecule has 1 aromatic heterocycles. The molecule has 0 aliphatic carbocycles. The molecule has 0 N–H and O–H groups in total. The zero-order chi connectivity index (χ0) is 25.8. The normalized spacial score (nSPS) is 11.4. The van der Waals surface area contributed by atoms with Crippen LogP contribution in [0.15, 0.2) is 46.9 Å². The van der Waals surface area contributed by atoms with Crippen LogP contribution in [-0.4, -0.2) is 36.1 Å². The maximum atomic E-state index is 11.3. The molecule has 6 heteroatoms. The molecule has 0 radical (unpaired) electrons. The summed E-state index contributed by atoms with van der Waals surface area (Å²) in [6.45, 7) is 10.8. The maximum Gasteiger partial charge on any atom is 0.270 e. The summed E-state index contributed by atoms with van der Waals surface area (Å²) < 4.78 is 12.1. The van der Waals surface area contributed by atoms with Gasteiger partial charge in [-0.3, -0.25) is 10.1 Å². The first-order valence-electron chi connectivity index (χ1n) is 13.7. The van der Waals surface area contributed by atoms with Crippen molar-refractivity contribution in [3.8, 4) is 5.75 Å². The summed E-state index contributed by atoms with van der Waals surface area (Å²) >= 11 is 0. The van der Waals surface area contributed by atoms with Crippen LogP contribution in [0.2, 0.25) is 0 Å². The SMILES string of the molecule is CCCCc1oc2ccc([N+](=O)[O-])cc2c1Cc1ccc(OCCCN(CCCC)CCCC)cc1. The highest BCUT2D eigenvalue weighted by molar-refractivity contribution is 5.85. The molecular formula is C30H42N2O4. The maximum absolute atomic E-state index is 11.3. The molecular weight excluding hydrogens is 452 g/mol. The molecule has 0 saturated carbocycles. The van der Waals surface area contributed by atoms with Crippen LogP contribution in [0.25, 0.3) is 11.0 Å². The summed E-state index contributed by atoms with van der Waals surface area (Å²) in [5.41, 5.74) is 3.00. The molecule has 0 atom stereocenters. The van der Waals surface area contributed by atoms with Gasteiger partial charge >= 0.3 is 0 Å². The van der Waals surface area contributed by atoms with Crippen molar-refractivity contribution in [2.75, 3.05) is 26.2 Å². The largest absolute Gasteiger partial charge is 0.494 e. The Balaban J connectivity index is 1.62. The smallest absolute Gasteiger partial charge is 0.270 e. The van der Waals surface area contributed by atoms with Gasteiger partial charge in [-0.05, 0) is 62.5 Å². The minimum atomic E-state index is -0.346. The average molecular weight is 495 g/mol. The highest BCUT2D eigenvalue weighted by atomic mass is 16.6. The Morgan fingerprint density at radius 2 is 1.56 bits per heavy atom. The molecule has 196 valence electrons. The third-order valence-corrected chi connectivity index (χ3v) is 6.67. The molecule has 0 aliphatic rings. The lowest BCUT2D eigenvalue weighted by Crippen LogP contribution is -2.28. The molecule has 1 heterocycles. The standard InChI is InChI=1S/C30H42N2O4/c1-4-7-11-29-27(28-23-25(32(33)34)14-17-30(28)36-29)22-24-12-15-26(16-13-24)35-21-10-20-31(18-8-5-2)19-9-6-3/h12-17,23H,4-11,18-22H2,1-3H3. The van der Waals surface area contributed by atoms with E-state index in [0.717, 1.165) is 60.3 Å². The molecule has 0 bridgehead atoms. The van der Waals surface area contributed by atoms with Crippen molar-refractivity contribution in [2.24, 2.45) is 0 Å². The van der Waals surface area contributed by atoms with Gasteiger partial charge in [-0.1, -0.05) is 52.2 Å². The third-order valence-electron chi connectivity index (χ3n) is 6.67. The number of hydrogen-bond acceptors (Lipinski definition) is 5. The highest BCUT2D eigenvalue weighted by Gasteiger charge is 2.18. The fourth-order valence-corrected chi connectivity index (χ4v) is 4.52. The van der Waals surface area contributed by atoms with Crippen LogP contribution in [-0.2, 0) is 12.8 Å². The van der Waals surface area contributed by atoms with Crippen molar-refractivity contribution in [2.45, 2.75) is 78.6 Å². The van der Waals surface area contributed by atoms with E-state index in [1.807, 2.05) is 12.1 Å². The van der Waals surface area contributed by atoms with Crippen molar-refractivity contribution >= 4 is 16.7 Å². The molecule has 3 aromatic rings. The third kappa shape index (κ3) is 8.09. The van der Waals surface area contributed by atoms with Gasteiger partial charge < -0.3 is 14.1 Å². The van der Waals surface area contributed by atoms with Crippen molar-refractivity contribution in [3.05, 3.63) is 69.5 Å². The van der Waals surface area contributed by atoms with Gasteiger partial charge in [-0.15, -0.1) is 0 Å². The lowest BCUT2D eigenvalue weighted by atomic mass is 9.99. The molecule has 3 rings (SSSR count). The first kappa shape index (κ1) is 27.7. The minimum Gasteiger partial charge on any atom is -0.494 e. The lowest BCUT2D eigenvalue weighted by molar-refractivity contribution is -0.384. The Morgan fingerprint density at radius 3 is 2.19 bits per heavy atom. The molecule has 0 saturated heterocycles. The number of furan rings is 1. The van der Waals surface area contributed by atoms with E-state index < -0.39 is 0 Å². The van der Waals surface area contributed by atoms with Crippen LogP contribution in [0.5, 0.6) is 5.75 Å². The Bertz CT molecular complexity index is 1070. The van der Waals surface area contributed by atoms with Crippen LogP contribution in [0.3, 0.4) is 0 Å². The summed E-state index contributed by atoms with van der Waals surface area (Å²) in [5, 5.41) is 12.2. The van der Waals surface area contributed by atoms with E-state index >= 15 is 0 Å². The fourth-order valence-electron chi connectivity index (χ4n) is 4.52. The van der Waals surface area contributed by atoms with Gasteiger partial charge in [0.1, 0.15) is 17.1 Å². The highest BCUT2D eigenvalue weighted by Crippen LogP contribution is 2.32. The van der Waals surface area contributed by atoms with Crippen molar-refractivity contribution in [1.29, 1.82) is 0 Å². The molecule has 0 amide bonds. The van der Waals surface area contributed by atoms with E-state index in [1.165, 1.54) is 44.8 Å². The Kier molecular flexibility index (Phi) is 11.3. The number of non-ortho nitro benzene ring substituents is 1. The second-order valence-electron chi connectivity index (χ2n) is 9.62. The van der Waals surface area contributed by atoms with Gasteiger partial charge in [0.15, 0.2) is 0 Å². The minimum absolute atomic E-state index is 0.0956. The monoisotopic (exact) mass is 494 g/mol. The molecule has 2 aromatic carbocycles. The topological polar surface area (TPSA) is 68.8 Å². The number of hydrogen-bond donors (Lipinski definition) is 0. The van der Waals surface area contributed by atoms with Crippen LogP contribution in [0.1, 0.15) is 82.6 Å². The van der Waals surface area contributed by atoms with E-state index in [1.54, 1.807) is 12.1 Å². The van der Waals surface area contributed by atoms with E-state index in [0.29, 0.717) is 18.6 Å². The Morgan fingerprint density at radius 1 is 0.889 bits per heavy atom. The van der Waals surface area contributed by atoms with Crippen LogP contribution >= 0.6 is 0 Å². The number of fused-ring (bicyclic) bond motifs is 1. The van der Waals surface area contributed by atoms with E-state index in [2.05, 4.69) is 37.8 Å². The molecule has 36 heavy (non-hydrogen) atoms. The molecule has 0 spiro atoms. The van der Waals surface area contributed by atoms with Gasteiger partial charge in [0, 0.05) is 42.5 Å². The molecule has 0 fully saturated rings. The second-order valence-corrected chi connectivity index (χ2v) is 9.62. The van der Waals surface area contributed by atoms with Crippen molar-refractivity contribution in [1.82, 2.24) is 4.90 Å². The Labute approximate surface area is 215 Å². The summed E-state index contributed by atoms with van der Waals surface area (Å²) in [4.78, 5) is 13.5. The molecule has 6 nitrogen and oxygen atoms in total. The zero-order valence-electron chi connectivity index (χ0n) is 22.3. The van der Waals surface area contributed by atoms with E-state index in [9.17, 15) is 10.1 Å². The number of nitro groups is 1. The predicted octanol–water partition coefficient (Wildman–Crippen LogP) is 7.95. The number of rotatable bonds is 17. The van der Waals surface area contributed by atoms with E-state index in [-0.39, 0.29) is 10.6 Å². The van der Waals surface area contributed by atoms with Crippen molar-refractivity contribution < 1.29 is 14.1 Å². The number of aryl methyl sites for hydroxylation is 1. The zero-order valence-corrected chi connectivity index (χ0v) is 22.3. The van der Waals surface area contributed by atoms with Crippen LogP contribution in [0, 0.1) is 10.1 Å². The summed E-state index contributed by atoms with van der Waals surface area (Å²) in [5.74, 6) is 1.81. The predicted molar refractivity (Wildman–Crippen MR) is 147 cm³/mol. The summed E-state index contributed by atoms with van der Waals surface area (Å²) in [6.07, 6.45) is 9.61. The van der Waals surface area contributed by atoms with Crippen LogP contribution in [0.4, 0.5) is 5.69 Å². The summed E-state index contributed by atoms with van der Waals surface area (Å²) in [7, 11) is 0. The lowest BCUT2D eigenvalue weighted by Gasteiger charge is -2.21. The molecule has 0 unspecified atom stereocenters. The van der Waals surface area contributed by atoms with Gasteiger partial charge in [0.05, 0.1) is 11.5 Å². The van der Waals surface area contributed by atoms with E-state index in [4.69, 9.17) is 9.15 Å². The number of nitrogens with zero attached hydrogens (tertiary/aromatic N) is 2. The second kappa shape index (κ2) is 14.6. The fraction of sp³-hybridized carbons (Fsp3) is 0.533. The number of nitro benzene ring substituents is 1. The van der Waals surface area contributed by atoms with Gasteiger partial charge in [-0.2, -0.15) is 0 Å². The quantitative estimate of drug-likeness (QED) is 0.108. The number of unbranched alkanes of at least 4 members (excludes halogenated alkanes) is 3. The van der Waals surface area contributed by atoms with Crippen LogP contribution < -0.4 is 4.74 Å². The van der Waals surface area contributed by atoms with Gasteiger partial charge in [0.25, 0.3) is 5.69 Å². The first-order chi connectivity index (χ1) is 17.5.